The first-order valence-corrected chi connectivity index (χ1v) is 8.84. The lowest BCUT2D eigenvalue weighted by Gasteiger charge is -2.38. The number of morpholine rings is 1. The molecule has 0 bridgehead atoms. The molecule has 0 spiro atoms. The fraction of sp³-hybridized carbons (Fsp3) is 0.444. The number of aromatic nitrogens is 1. The predicted molar refractivity (Wildman–Crippen MR) is 94.7 cm³/mol. The molecule has 2 aromatic rings. The van der Waals surface area contributed by atoms with Crippen molar-refractivity contribution in [3.05, 3.63) is 52.1 Å². The van der Waals surface area contributed by atoms with Crippen LogP contribution in [0.15, 0.2) is 28.8 Å². The fourth-order valence-electron chi connectivity index (χ4n) is 3.12. The van der Waals surface area contributed by atoms with Gasteiger partial charge in [0.1, 0.15) is 11.6 Å². The maximum absolute atomic E-state index is 14.5. The summed E-state index contributed by atoms with van der Waals surface area (Å²) in [5, 5.41) is 6.85. The summed E-state index contributed by atoms with van der Waals surface area (Å²) < 4.78 is 25.0. The van der Waals surface area contributed by atoms with E-state index >= 15 is 0 Å². The average molecular weight is 382 g/mol. The summed E-state index contributed by atoms with van der Waals surface area (Å²) in [6.07, 6.45) is 0.0192. The van der Waals surface area contributed by atoms with Crippen molar-refractivity contribution in [1.29, 1.82) is 0 Å². The lowest BCUT2D eigenvalue weighted by molar-refractivity contribution is -0.0346. The van der Waals surface area contributed by atoms with Crippen LogP contribution in [0.25, 0.3) is 0 Å². The highest BCUT2D eigenvalue weighted by Gasteiger charge is 2.29. The van der Waals surface area contributed by atoms with Gasteiger partial charge in [0.15, 0.2) is 5.69 Å². The van der Waals surface area contributed by atoms with Crippen molar-refractivity contribution < 1.29 is 18.4 Å². The Balaban J connectivity index is 1.82. The normalized spacial score (nSPS) is 19.3. The summed E-state index contributed by atoms with van der Waals surface area (Å²) in [5.41, 5.74) is 0.566. The van der Waals surface area contributed by atoms with Crippen molar-refractivity contribution in [3.8, 4) is 0 Å². The molecule has 140 valence electrons. The molecule has 1 amide bonds. The van der Waals surface area contributed by atoms with Crippen LogP contribution in [-0.4, -0.2) is 48.3 Å². The van der Waals surface area contributed by atoms with E-state index in [-0.39, 0.29) is 24.2 Å². The summed E-state index contributed by atoms with van der Waals surface area (Å²) >= 11 is 6.28. The number of ether oxygens (including phenoxy) is 1. The molecule has 6 nitrogen and oxygen atoms in total. The second-order valence-electron chi connectivity index (χ2n) is 6.36. The number of halogens is 2. The zero-order valence-corrected chi connectivity index (χ0v) is 15.4. The molecule has 2 unspecified atom stereocenters. The third kappa shape index (κ3) is 4.23. The van der Waals surface area contributed by atoms with E-state index in [1.54, 1.807) is 25.1 Å². The Labute approximate surface area is 156 Å². The highest BCUT2D eigenvalue weighted by molar-refractivity contribution is 6.31. The number of nitrogens with zero attached hydrogens (tertiary/aromatic N) is 2. The van der Waals surface area contributed by atoms with E-state index < -0.39 is 11.9 Å². The van der Waals surface area contributed by atoms with Crippen LogP contribution in [0.1, 0.15) is 34.8 Å². The minimum atomic E-state index is -0.410. The van der Waals surface area contributed by atoms with E-state index in [2.05, 4.69) is 15.4 Å². The van der Waals surface area contributed by atoms with Crippen molar-refractivity contribution >= 4 is 17.5 Å². The third-order valence-electron chi connectivity index (χ3n) is 4.36. The first-order valence-electron chi connectivity index (χ1n) is 8.46. The number of carbonyl (C=O) groups is 1. The van der Waals surface area contributed by atoms with Crippen LogP contribution in [0, 0.1) is 12.7 Å². The maximum atomic E-state index is 14.5. The maximum Gasteiger partial charge on any atom is 0.273 e. The molecule has 0 saturated carbocycles. The number of hydrogen-bond donors (Lipinski definition) is 1. The van der Waals surface area contributed by atoms with Gasteiger partial charge in [-0.2, -0.15) is 0 Å². The molecule has 1 N–H and O–H groups in total. The van der Waals surface area contributed by atoms with Crippen LogP contribution in [0.3, 0.4) is 0 Å². The number of amides is 1. The quantitative estimate of drug-likeness (QED) is 0.862. The van der Waals surface area contributed by atoms with Gasteiger partial charge in [0.25, 0.3) is 5.91 Å². The molecule has 8 heteroatoms. The minimum absolute atomic E-state index is 0.0192. The second-order valence-corrected chi connectivity index (χ2v) is 6.77. The molecule has 26 heavy (non-hydrogen) atoms. The fourth-order valence-corrected chi connectivity index (χ4v) is 3.41. The SMILES string of the molecule is Cc1cc(C(=O)NCC(c2c(F)cccc2Cl)N2CCOC(C)C2)no1. The molecule has 2 atom stereocenters. The molecule has 0 radical (unpaired) electrons. The van der Waals surface area contributed by atoms with Crippen molar-refractivity contribution in [3.63, 3.8) is 0 Å². The van der Waals surface area contributed by atoms with E-state index in [9.17, 15) is 9.18 Å². The summed E-state index contributed by atoms with van der Waals surface area (Å²) in [5.74, 6) is -0.223. The lowest BCUT2D eigenvalue weighted by Crippen LogP contribution is -2.47. The lowest BCUT2D eigenvalue weighted by atomic mass is 10.0. The van der Waals surface area contributed by atoms with Gasteiger partial charge in [0.2, 0.25) is 0 Å². The van der Waals surface area contributed by atoms with E-state index in [4.69, 9.17) is 20.9 Å². The Morgan fingerprint density at radius 3 is 3.00 bits per heavy atom. The Bertz CT molecular complexity index is 763. The van der Waals surface area contributed by atoms with Crippen molar-refractivity contribution in [2.75, 3.05) is 26.2 Å². The van der Waals surface area contributed by atoms with E-state index in [0.29, 0.717) is 36.0 Å². The topological polar surface area (TPSA) is 67.6 Å². The molecule has 1 saturated heterocycles. The molecule has 2 heterocycles. The van der Waals surface area contributed by atoms with Crippen LogP contribution in [0.4, 0.5) is 4.39 Å². The molecule has 1 aliphatic heterocycles. The first-order chi connectivity index (χ1) is 12.5. The van der Waals surface area contributed by atoms with Crippen LogP contribution in [0.5, 0.6) is 0 Å². The average Bonchev–Trinajstić information content (AvgIpc) is 3.03. The Kier molecular flexibility index (Phi) is 5.90. The highest BCUT2D eigenvalue weighted by atomic mass is 35.5. The van der Waals surface area contributed by atoms with Gasteiger partial charge in [-0.3, -0.25) is 9.69 Å². The number of aryl methyl sites for hydroxylation is 1. The van der Waals surface area contributed by atoms with Gasteiger partial charge in [-0.05, 0) is 26.0 Å². The summed E-state index contributed by atoms with van der Waals surface area (Å²) in [4.78, 5) is 14.4. The minimum Gasteiger partial charge on any atom is -0.376 e. The predicted octanol–water partition coefficient (Wildman–Crippen LogP) is 2.97. The van der Waals surface area contributed by atoms with Gasteiger partial charge in [-0.1, -0.05) is 22.8 Å². The number of carbonyl (C=O) groups excluding carboxylic acids is 1. The van der Waals surface area contributed by atoms with E-state index in [1.807, 2.05) is 6.92 Å². The zero-order chi connectivity index (χ0) is 18.7. The zero-order valence-electron chi connectivity index (χ0n) is 14.7. The monoisotopic (exact) mass is 381 g/mol. The van der Waals surface area contributed by atoms with Crippen LogP contribution in [0.2, 0.25) is 5.02 Å². The number of rotatable bonds is 5. The first kappa shape index (κ1) is 18.8. The summed E-state index contributed by atoms with van der Waals surface area (Å²) in [7, 11) is 0. The molecule has 1 aromatic heterocycles. The van der Waals surface area contributed by atoms with Crippen LogP contribution in [-0.2, 0) is 4.74 Å². The molecule has 1 aromatic carbocycles. The summed E-state index contributed by atoms with van der Waals surface area (Å²) in [6.45, 7) is 5.65. The van der Waals surface area contributed by atoms with Crippen LogP contribution < -0.4 is 5.32 Å². The molecular formula is C18H21ClFN3O3. The van der Waals surface area contributed by atoms with E-state index in [1.165, 1.54) is 6.07 Å². The third-order valence-corrected chi connectivity index (χ3v) is 4.69. The van der Waals surface area contributed by atoms with Gasteiger partial charge in [0, 0.05) is 36.3 Å². The Morgan fingerprint density at radius 2 is 2.35 bits per heavy atom. The highest BCUT2D eigenvalue weighted by Crippen LogP contribution is 2.31. The Morgan fingerprint density at radius 1 is 1.54 bits per heavy atom. The molecule has 0 aliphatic carbocycles. The second kappa shape index (κ2) is 8.16. The Hall–Kier alpha value is -1.96. The standard InChI is InChI=1S/C18H21ClFN3O3/c1-11-8-15(22-26-11)18(24)21-9-16(23-6-7-25-12(2)10-23)17-13(19)4-3-5-14(17)20/h3-5,8,12,16H,6-7,9-10H2,1-2H3,(H,21,24). The largest absolute Gasteiger partial charge is 0.376 e. The van der Waals surface area contributed by atoms with Gasteiger partial charge in [0.05, 0.1) is 18.8 Å². The smallest absolute Gasteiger partial charge is 0.273 e. The van der Waals surface area contributed by atoms with Gasteiger partial charge < -0.3 is 14.6 Å². The molecule has 1 fully saturated rings. The van der Waals surface area contributed by atoms with Crippen LogP contribution >= 0.6 is 11.6 Å². The molecular weight excluding hydrogens is 361 g/mol. The van der Waals surface area contributed by atoms with Gasteiger partial charge in [-0.15, -0.1) is 0 Å². The molecule has 1 aliphatic rings. The number of benzene rings is 1. The van der Waals surface area contributed by atoms with Crippen molar-refractivity contribution in [2.24, 2.45) is 0 Å². The van der Waals surface area contributed by atoms with Crippen molar-refractivity contribution in [1.82, 2.24) is 15.4 Å². The summed E-state index contributed by atoms with van der Waals surface area (Å²) in [6, 6.07) is 5.74. The number of nitrogens with one attached hydrogen (secondary N) is 1. The van der Waals surface area contributed by atoms with E-state index in [0.717, 1.165) is 0 Å². The van der Waals surface area contributed by atoms with Crippen molar-refractivity contribution in [2.45, 2.75) is 26.0 Å². The molecule has 3 rings (SSSR count). The van der Waals surface area contributed by atoms with Gasteiger partial charge in [-0.25, -0.2) is 4.39 Å². The van der Waals surface area contributed by atoms with Gasteiger partial charge >= 0.3 is 0 Å². The number of hydrogen-bond acceptors (Lipinski definition) is 5.